The van der Waals surface area contributed by atoms with E-state index in [2.05, 4.69) is 39.0 Å². The number of rotatable bonds is 2. The van der Waals surface area contributed by atoms with Gasteiger partial charge in [-0.25, -0.2) is 0 Å². The van der Waals surface area contributed by atoms with E-state index in [1.54, 1.807) is 6.92 Å². The number of hydrogen-bond acceptors (Lipinski definition) is 1. The predicted octanol–water partition coefficient (Wildman–Crippen LogP) is 3.40. The summed E-state index contributed by atoms with van der Waals surface area (Å²) in [7, 11) is 0. The van der Waals surface area contributed by atoms with E-state index < -0.39 is 0 Å². The highest BCUT2D eigenvalue weighted by molar-refractivity contribution is 5.61. The van der Waals surface area contributed by atoms with Gasteiger partial charge in [-0.15, -0.1) is 0 Å². The Morgan fingerprint density at radius 2 is 1.67 bits per heavy atom. The minimum Gasteiger partial charge on any atom is -0.389 e. The second kappa shape index (κ2) is 4.63. The number of aliphatic hydroxyl groups excluding tert-OH is 1. The molecule has 0 aliphatic carbocycles. The van der Waals surface area contributed by atoms with Crippen LogP contribution in [0.3, 0.4) is 0 Å². The van der Waals surface area contributed by atoms with Crippen LogP contribution >= 0.6 is 0 Å². The first-order valence-electron chi connectivity index (χ1n) is 5.36. The van der Waals surface area contributed by atoms with Crippen molar-refractivity contribution in [3.05, 3.63) is 40.0 Å². The van der Waals surface area contributed by atoms with E-state index in [1.807, 2.05) is 6.92 Å². The molecule has 1 aromatic rings. The van der Waals surface area contributed by atoms with Crippen molar-refractivity contribution >= 4 is 6.08 Å². The normalized spacial score (nSPS) is 14.1. The summed E-state index contributed by atoms with van der Waals surface area (Å²) in [5.74, 6) is 0. The van der Waals surface area contributed by atoms with E-state index in [1.165, 1.54) is 22.3 Å². The first-order valence-corrected chi connectivity index (χ1v) is 5.36. The summed E-state index contributed by atoms with van der Waals surface area (Å²) < 4.78 is 0. The third kappa shape index (κ3) is 2.93. The van der Waals surface area contributed by atoms with Gasteiger partial charge >= 0.3 is 0 Å². The topological polar surface area (TPSA) is 20.2 Å². The molecule has 0 heterocycles. The van der Waals surface area contributed by atoms with E-state index in [9.17, 15) is 5.11 Å². The van der Waals surface area contributed by atoms with Crippen LogP contribution in [0.1, 0.15) is 36.1 Å². The quantitative estimate of drug-likeness (QED) is 0.783. The average molecular weight is 204 g/mol. The van der Waals surface area contributed by atoms with Gasteiger partial charge in [0.15, 0.2) is 0 Å². The van der Waals surface area contributed by atoms with Crippen LogP contribution in [0.15, 0.2) is 17.7 Å². The molecule has 82 valence electrons. The highest BCUT2D eigenvalue weighted by Crippen LogP contribution is 2.20. The van der Waals surface area contributed by atoms with Crippen molar-refractivity contribution in [2.45, 2.75) is 40.7 Å². The molecule has 1 unspecified atom stereocenters. The van der Waals surface area contributed by atoms with Gasteiger partial charge in [-0.3, -0.25) is 0 Å². The van der Waals surface area contributed by atoms with Crippen molar-refractivity contribution in [2.75, 3.05) is 0 Å². The molecule has 1 heteroatoms. The molecular weight excluding hydrogens is 184 g/mol. The van der Waals surface area contributed by atoms with Crippen LogP contribution in [0, 0.1) is 20.8 Å². The van der Waals surface area contributed by atoms with E-state index in [0.717, 1.165) is 5.57 Å². The molecular formula is C14H20O. The Kier molecular flexibility index (Phi) is 3.70. The molecule has 15 heavy (non-hydrogen) atoms. The maximum absolute atomic E-state index is 9.45. The highest BCUT2D eigenvalue weighted by Gasteiger charge is 2.04. The molecule has 1 atom stereocenters. The summed E-state index contributed by atoms with van der Waals surface area (Å²) in [6, 6.07) is 4.35. The van der Waals surface area contributed by atoms with Gasteiger partial charge in [0.2, 0.25) is 0 Å². The molecule has 0 aromatic heterocycles. The number of hydrogen-bond donors (Lipinski definition) is 1. The molecule has 0 amide bonds. The Morgan fingerprint density at radius 1 is 1.20 bits per heavy atom. The minimum absolute atomic E-state index is 0.370. The SMILES string of the molecule is CC(=Cc1c(C)cc(C)cc1C)C(C)O. The summed E-state index contributed by atoms with van der Waals surface area (Å²) in [6.45, 7) is 10.1. The number of aryl methyl sites for hydroxylation is 3. The smallest absolute Gasteiger partial charge is 0.0722 e. The van der Waals surface area contributed by atoms with E-state index in [4.69, 9.17) is 0 Å². The fraction of sp³-hybridized carbons (Fsp3) is 0.429. The van der Waals surface area contributed by atoms with Crippen molar-refractivity contribution < 1.29 is 5.11 Å². The first-order chi connectivity index (χ1) is 6.91. The van der Waals surface area contributed by atoms with Crippen molar-refractivity contribution in [1.29, 1.82) is 0 Å². The lowest BCUT2D eigenvalue weighted by atomic mass is 9.97. The Balaban J connectivity index is 3.21. The summed E-state index contributed by atoms with van der Waals surface area (Å²) in [5.41, 5.74) is 6.07. The van der Waals surface area contributed by atoms with Crippen molar-refractivity contribution in [3.8, 4) is 0 Å². The average Bonchev–Trinajstić information content (AvgIpc) is 2.10. The molecule has 0 bridgehead atoms. The fourth-order valence-corrected chi connectivity index (χ4v) is 1.77. The molecule has 1 N–H and O–H groups in total. The van der Waals surface area contributed by atoms with Gasteiger partial charge in [0.1, 0.15) is 0 Å². The lowest BCUT2D eigenvalue weighted by Crippen LogP contribution is -2.01. The molecule has 0 saturated heterocycles. The molecule has 0 spiro atoms. The first kappa shape index (κ1) is 12.0. The maximum atomic E-state index is 9.45. The zero-order chi connectivity index (χ0) is 11.6. The summed E-state index contributed by atoms with van der Waals surface area (Å²) in [5, 5.41) is 9.45. The third-order valence-corrected chi connectivity index (χ3v) is 2.77. The zero-order valence-electron chi connectivity index (χ0n) is 10.3. The largest absolute Gasteiger partial charge is 0.389 e. The van der Waals surface area contributed by atoms with Crippen LogP contribution < -0.4 is 0 Å². The van der Waals surface area contributed by atoms with Gasteiger partial charge < -0.3 is 5.11 Å². The van der Waals surface area contributed by atoms with Gasteiger partial charge in [0.25, 0.3) is 0 Å². The van der Waals surface area contributed by atoms with Crippen LogP contribution in [0.4, 0.5) is 0 Å². The Bertz CT molecular complexity index is 363. The molecule has 0 aliphatic heterocycles. The molecule has 0 aliphatic rings. The Hall–Kier alpha value is -1.08. The van der Waals surface area contributed by atoms with E-state index >= 15 is 0 Å². The van der Waals surface area contributed by atoms with Gasteiger partial charge in [-0.05, 0) is 56.9 Å². The monoisotopic (exact) mass is 204 g/mol. The lowest BCUT2D eigenvalue weighted by Gasteiger charge is -2.10. The van der Waals surface area contributed by atoms with Crippen LogP contribution in [0.25, 0.3) is 6.08 Å². The molecule has 0 saturated carbocycles. The Morgan fingerprint density at radius 3 is 2.07 bits per heavy atom. The van der Waals surface area contributed by atoms with Gasteiger partial charge in [0.05, 0.1) is 6.10 Å². The molecule has 1 aromatic carbocycles. The van der Waals surface area contributed by atoms with Crippen LogP contribution in [0.5, 0.6) is 0 Å². The fourth-order valence-electron chi connectivity index (χ4n) is 1.77. The third-order valence-electron chi connectivity index (χ3n) is 2.77. The van der Waals surface area contributed by atoms with Gasteiger partial charge in [0, 0.05) is 0 Å². The molecule has 0 radical (unpaired) electrons. The van der Waals surface area contributed by atoms with Crippen molar-refractivity contribution in [2.24, 2.45) is 0 Å². The number of benzene rings is 1. The second-order valence-corrected chi connectivity index (χ2v) is 4.38. The van der Waals surface area contributed by atoms with Gasteiger partial charge in [-0.2, -0.15) is 0 Å². The predicted molar refractivity (Wildman–Crippen MR) is 66.0 cm³/mol. The number of aliphatic hydroxyl groups is 1. The molecule has 1 rings (SSSR count). The van der Waals surface area contributed by atoms with Crippen molar-refractivity contribution in [3.63, 3.8) is 0 Å². The Labute approximate surface area is 92.5 Å². The van der Waals surface area contributed by atoms with Crippen LogP contribution in [-0.2, 0) is 0 Å². The highest BCUT2D eigenvalue weighted by atomic mass is 16.3. The van der Waals surface area contributed by atoms with Crippen LogP contribution in [-0.4, -0.2) is 11.2 Å². The van der Waals surface area contributed by atoms with E-state index in [0.29, 0.717) is 0 Å². The van der Waals surface area contributed by atoms with E-state index in [-0.39, 0.29) is 6.10 Å². The van der Waals surface area contributed by atoms with Crippen molar-refractivity contribution in [1.82, 2.24) is 0 Å². The molecule has 0 fully saturated rings. The summed E-state index contributed by atoms with van der Waals surface area (Å²) in [4.78, 5) is 0. The van der Waals surface area contributed by atoms with Crippen LogP contribution in [0.2, 0.25) is 0 Å². The lowest BCUT2D eigenvalue weighted by molar-refractivity contribution is 0.232. The standard InChI is InChI=1S/C14H20O/c1-9-6-11(3)14(12(4)7-9)8-10(2)13(5)15/h6-8,13,15H,1-5H3. The summed E-state index contributed by atoms with van der Waals surface area (Å²) in [6.07, 6.45) is 1.71. The maximum Gasteiger partial charge on any atom is 0.0722 e. The zero-order valence-corrected chi connectivity index (χ0v) is 10.3. The minimum atomic E-state index is -0.370. The summed E-state index contributed by atoms with van der Waals surface area (Å²) >= 11 is 0. The molecule has 1 nitrogen and oxygen atoms in total. The van der Waals surface area contributed by atoms with Gasteiger partial charge in [-0.1, -0.05) is 23.8 Å². The second-order valence-electron chi connectivity index (χ2n) is 4.38.